The fourth-order valence-electron chi connectivity index (χ4n) is 3.23. The van der Waals surface area contributed by atoms with Crippen LogP contribution in [-0.4, -0.2) is 45.3 Å². The number of nitrogens with zero attached hydrogens (tertiary/aromatic N) is 3. The van der Waals surface area contributed by atoms with Crippen LogP contribution in [0.2, 0.25) is 0 Å². The highest BCUT2D eigenvalue weighted by molar-refractivity contribution is 8.13. The maximum Gasteiger partial charge on any atom is 0.180 e. The highest BCUT2D eigenvalue weighted by atomic mass is 32.2. The van der Waals surface area contributed by atoms with Gasteiger partial charge in [-0.25, -0.2) is 4.99 Å². The van der Waals surface area contributed by atoms with Crippen molar-refractivity contribution in [3.8, 4) is 0 Å². The van der Waals surface area contributed by atoms with E-state index in [0.717, 1.165) is 23.3 Å². The van der Waals surface area contributed by atoms with Gasteiger partial charge in [0.05, 0.1) is 0 Å². The van der Waals surface area contributed by atoms with Gasteiger partial charge in [-0.2, -0.15) is 0 Å². The average Bonchev–Trinajstić information content (AvgIpc) is 2.77. The Kier molecular flexibility index (Phi) is 9.79. The maximum absolute atomic E-state index is 8.07. The Morgan fingerprint density at radius 3 is 2.00 bits per heavy atom. The summed E-state index contributed by atoms with van der Waals surface area (Å²) >= 11 is 1.36. The molecule has 0 amide bonds. The SMILES string of the molecule is CSC(=N)N=C(/C=C(C)/C=C/c1ccc(N(C)C)cc1)C(C)Cc1ccc(N(C)C)cc1. The van der Waals surface area contributed by atoms with Gasteiger partial charge in [0.15, 0.2) is 5.17 Å². The van der Waals surface area contributed by atoms with Crippen LogP contribution in [0.4, 0.5) is 11.4 Å². The van der Waals surface area contributed by atoms with Crippen molar-refractivity contribution in [1.82, 2.24) is 0 Å². The molecule has 0 saturated heterocycles. The van der Waals surface area contributed by atoms with Gasteiger partial charge in [-0.15, -0.1) is 0 Å². The van der Waals surface area contributed by atoms with Crippen molar-refractivity contribution in [2.45, 2.75) is 20.3 Å². The molecular weight excluding hydrogens is 412 g/mol. The number of thioether (sulfide) groups is 1. The number of nitrogens with one attached hydrogen (secondary N) is 1. The first-order valence-electron chi connectivity index (χ1n) is 10.8. The van der Waals surface area contributed by atoms with Gasteiger partial charge >= 0.3 is 0 Å². The molecule has 0 heterocycles. The molecule has 1 unspecified atom stereocenters. The van der Waals surface area contributed by atoms with Crippen molar-refractivity contribution < 1.29 is 0 Å². The Balaban J connectivity index is 2.18. The van der Waals surface area contributed by atoms with Crippen LogP contribution in [0.15, 0.2) is 71.2 Å². The molecule has 32 heavy (non-hydrogen) atoms. The number of allylic oxidation sites excluding steroid dienone is 3. The molecule has 0 saturated carbocycles. The first kappa shape index (κ1) is 25.5. The van der Waals surface area contributed by atoms with E-state index in [1.807, 2.05) is 34.4 Å². The minimum absolute atomic E-state index is 0.204. The predicted molar refractivity (Wildman–Crippen MR) is 146 cm³/mol. The third-order valence-corrected chi connectivity index (χ3v) is 5.73. The van der Waals surface area contributed by atoms with E-state index >= 15 is 0 Å². The largest absolute Gasteiger partial charge is 0.378 e. The fourth-order valence-corrected chi connectivity index (χ4v) is 3.43. The topological polar surface area (TPSA) is 42.7 Å². The fraction of sp³-hybridized carbons (Fsp3) is 0.333. The molecule has 1 atom stereocenters. The maximum atomic E-state index is 8.07. The Morgan fingerprint density at radius 2 is 1.50 bits per heavy atom. The van der Waals surface area contributed by atoms with Crippen molar-refractivity contribution in [2.24, 2.45) is 10.9 Å². The second kappa shape index (κ2) is 12.3. The summed E-state index contributed by atoms with van der Waals surface area (Å²) < 4.78 is 0. The van der Waals surface area contributed by atoms with E-state index < -0.39 is 0 Å². The number of rotatable bonds is 8. The van der Waals surface area contributed by atoms with Crippen LogP contribution in [0, 0.1) is 11.3 Å². The predicted octanol–water partition coefficient (Wildman–Crippen LogP) is 6.40. The molecule has 5 heteroatoms. The number of aliphatic imine (C=N–C) groups is 1. The Bertz CT molecular complexity index is 968. The van der Waals surface area contributed by atoms with E-state index in [1.54, 1.807) is 0 Å². The minimum Gasteiger partial charge on any atom is -0.378 e. The van der Waals surface area contributed by atoms with E-state index in [-0.39, 0.29) is 5.92 Å². The summed E-state index contributed by atoms with van der Waals surface area (Å²) in [6.45, 7) is 4.27. The zero-order valence-electron chi connectivity index (χ0n) is 20.4. The molecule has 0 aliphatic rings. The lowest BCUT2D eigenvalue weighted by Crippen LogP contribution is -2.14. The molecule has 2 aromatic rings. The molecule has 0 spiro atoms. The highest BCUT2D eigenvalue weighted by Gasteiger charge is 2.11. The normalized spacial score (nSPS) is 13.3. The first-order chi connectivity index (χ1) is 15.2. The van der Waals surface area contributed by atoms with Crippen LogP contribution in [0.1, 0.15) is 25.0 Å². The van der Waals surface area contributed by atoms with Crippen LogP contribution in [0.25, 0.3) is 6.08 Å². The monoisotopic (exact) mass is 448 g/mol. The molecule has 0 radical (unpaired) electrons. The Labute approximate surface area is 198 Å². The van der Waals surface area contributed by atoms with Gasteiger partial charge in [0.25, 0.3) is 0 Å². The summed E-state index contributed by atoms with van der Waals surface area (Å²) in [5.41, 5.74) is 6.86. The second-order valence-corrected chi connectivity index (χ2v) is 9.21. The van der Waals surface area contributed by atoms with E-state index in [1.165, 1.54) is 28.7 Å². The molecule has 2 aromatic carbocycles. The molecule has 2 rings (SSSR count). The van der Waals surface area contributed by atoms with E-state index in [0.29, 0.717) is 5.17 Å². The molecule has 170 valence electrons. The molecular formula is C27H36N4S. The molecule has 1 N–H and O–H groups in total. The van der Waals surface area contributed by atoms with Crippen molar-refractivity contribution in [3.05, 3.63) is 77.4 Å². The standard InChI is InChI=1S/C27H36N4S/c1-20(8-9-22-10-14-24(15-11-22)30(3)4)18-26(29-27(28)32-7)21(2)19-23-12-16-25(17-13-23)31(5)6/h8-18,21,28H,19H2,1-7H3/b9-8+,20-18+,28-27?,29-26?. The summed E-state index contributed by atoms with van der Waals surface area (Å²) in [6.07, 6.45) is 9.11. The van der Waals surface area contributed by atoms with E-state index in [9.17, 15) is 0 Å². The number of hydrogen-bond acceptors (Lipinski definition) is 4. The Hall–Kier alpha value is -2.79. The molecule has 0 bridgehead atoms. The summed E-state index contributed by atoms with van der Waals surface area (Å²) in [6, 6.07) is 17.1. The lowest BCUT2D eigenvalue weighted by Gasteiger charge is -2.15. The third-order valence-electron chi connectivity index (χ3n) is 5.25. The number of anilines is 2. The number of benzene rings is 2. The van der Waals surface area contributed by atoms with E-state index in [2.05, 4.69) is 95.4 Å². The third kappa shape index (κ3) is 8.04. The van der Waals surface area contributed by atoms with Gasteiger partial charge < -0.3 is 9.80 Å². The summed E-state index contributed by atoms with van der Waals surface area (Å²) in [7, 11) is 8.19. The van der Waals surface area contributed by atoms with Crippen LogP contribution in [-0.2, 0) is 6.42 Å². The minimum atomic E-state index is 0.204. The zero-order valence-corrected chi connectivity index (χ0v) is 21.2. The van der Waals surface area contributed by atoms with Crippen LogP contribution < -0.4 is 9.80 Å². The van der Waals surface area contributed by atoms with Gasteiger partial charge in [0, 0.05) is 51.2 Å². The Morgan fingerprint density at radius 1 is 0.969 bits per heavy atom. The summed E-state index contributed by atoms with van der Waals surface area (Å²) in [5.74, 6) is 0.204. The van der Waals surface area contributed by atoms with Gasteiger partial charge in [-0.1, -0.05) is 55.1 Å². The van der Waals surface area contributed by atoms with Crippen molar-refractivity contribution in [2.75, 3.05) is 44.2 Å². The molecule has 0 fully saturated rings. The molecule has 0 aromatic heterocycles. The van der Waals surface area contributed by atoms with Crippen LogP contribution in [0.5, 0.6) is 0 Å². The van der Waals surface area contributed by atoms with Crippen LogP contribution in [0.3, 0.4) is 0 Å². The lowest BCUT2D eigenvalue weighted by molar-refractivity contribution is 0.770. The highest BCUT2D eigenvalue weighted by Crippen LogP contribution is 2.18. The molecule has 4 nitrogen and oxygen atoms in total. The molecule has 0 aliphatic carbocycles. The number of amidine groups is 1. The van der Waals surface area contributed by atoms with Gasteiger partial charge in [-0.05, 0) is 66.6 Å². The second-order valence-electron chi connectivity index (χ2n) is 8.42. The van der Waals surface area contributed by atoms with Gasteiger partial charge in [0.2, 0.25) is 0 Å². The lowest BCUT2D eigenvalue weighted by atomic mass is 9.94. The smallest absolute Gasteiger partial charge is 0.180 e. The van der Waals surface area contributed by atoms with Crippen molar-refractivity contribution in [1.29, 1.82) is 5.41 Å². The summed E-state index contributed by atoms with van der Waals surface area (Å²) in [5, 5.41) is 8.41. The van der Waals surface area contributed by atoms with Gasteiger partial charge in [0.1, 0.15) is 0 Å². The van der Waals surface area contributed by atoms with E-state index in [4.69, 9.17) is 5.41 Å². The van der Waals surface area contributed by atoms with Crippen molar-refractivity contribution in [3.63, 3.8) is 0 Å². The summed E-state index contributed by atoms with van der Waals surface area (Å²) in [4.78, 5) is 8.80. The average molecular weight is 449 g/mol. The first-order valence-corrected chi connectivity index (χ1v) is 12.0. The van der Waals surface area contributed by atoms with Gasteiger partial charge in [-0.3, -0.25) is 5.41 Å². The van der Waals surface area contributed by atoms with Crippen LogP contribution >= 0.6 is 11.8 Å². The zero-order chi connectivity index (χ0) is 23.7. The molecule has 0 aliphatic heterocycles. The number of hydrogen-bond donors (Lipinski definition) is 1. The van der Waals surface area contributed by atoms with Crippen molar-refractivity contribution >= 4 is 40.1 Å². The quantitative estimate of drug-likeness (QED) is 0.289.